The molecule has 1 amide bonds. The lowest BCUT2D eigenvalue weighted by atomic mass is 10.0. The molecule has 2 N–H and O–H groups in total. The van der Waals surface area contributed by atoms with Crippen LogP contribution in [0.1, 0.15) is 24.1 Å². The monoisotopic (exact) mass is 438 g/mol. The molecule has 3 aromatic rings. The smallest absolute Gasteiger partial charge is 0.241 e. The standard InChI is InChI=1S/C24H26N2O4S/c1-18(21-15-9-10-16-23(21)30-2)25-24(27)22(17-19-11-5-3-6-12-19)26-31(28,29)20-13-7-4-8-14-20/h3-16,18,22,26H,17H2,1-2H3,(H,25,27)/t18-,22-/m0/s1. The van der Waals surface area contributed by atoms with Gasteiger partial charge in [0.1, 0.15) is 11.8 Å². The first-order valence-corrected chi connectivity index (χ1v) is 11.4. The molecule has 0 fully saturated rings. The van der Waals surface area contributed by atoms with Crippen LogP contribution < -0.4 is 14.8 Å². The van der Waals surface area contributed by atoms with E-state index in [2.05, 4.69) is 10.0 Å². The molecule has 0 aromatic heterocycles. The Hall–Kier alpha value is -3.16. The van der Waals surface area contributed by atoms with E-state index in [1.165, 1.54) is 12.1 Å². The molecule has 0 heterocycles. The summed E-state index contributed by atoms with van der Waals surface area (Å²) in [4.78, 5) is 13.3. The summed E-state index contributed by atoms with van der Waals surface area (Å²) in [6.45, 7) is 1.83. The first-order chi connectivity index (χ1) is 14.9. The Morgan fingerprint density at radius 3 is 2.13 bits per heavy atom. The molecule has 7 heteroatoms. The molecule has 0 spiro atoms. The van der Waals surface area contributed by atoms with Gasteiger partial charge in [-0.05, 0) is 37.1 Å². The number of hydrogen-bond acceptors (Lipinski definition) is 4. The van der Waals surface area contributed by atoms with Crippen molar-refractivity contribution in [2.24, 2.45) is 0 Å². The molecule has 3 aromatic carbocycles. The van der Waals surface area contributed by atoms with Gasteiger partial charge in [-0.1, -0.05) is 66.7 Å². The Labute approximate surface area is 183 Å². The van der Waals surface area contributed by atoms with Crippen molar-refractivity contribution in [3.63, 3.8) is 0 Å². The van der Waals surface area contributed by atoms with E-state index in [0.717, 1.165) is 11.1 Å². The first kappa shape index (κ1) is 22.5. The number of nitrogens with one attached hydrogen (secondary N) is 2. The van der Waals surface area contributed by atoms with Gasteiger partial charge in [0, 0.05) is 5.56 Å². The number of sulfonamides is 1. The van der Waals surface area contributed by atoms with Gasteiger partial charge in [-0.3, -0.25) is 4.79 Å². The second-order valence-corrected chi connectivity index (χ2v) is 8.86. The highest BCUT2D eigenvalue weighted by atomic mass is 32.2. The average Bonchev–Trinajstić information content (AvgIpc) is 2.79. The van der Waals surface area contributed by atoms with E-state index in [1.807, 2.05) is 61.5 Å². The molecule has 0 saturated carbocycles. The van der Waals surface area contributed by atoms with Crippen molar-refractivity contribution >= 4 is 15.9 Å². The van der Waals surface area contributed by atoms with Crippen LogP contribution in [-0.4, -0.2) is 27.5 Å². The maximum absolute atomic E-state index is 13.2. The third-order valence-electron chi connectivity index (χ3n) is 4.91. The Bertz CT molecular complexity index is 1100. The molecule has 0 bridgehead atoms. The number of rotatable bonds is 9. The molecule has 3 rings (SSSR count). The lowest BCUT2D eigenvalue weighted by Crippen LogP contribution is -2.48. The molecule has 0 radical (unpaired) electrons. The normalized spacial score (nSPS) is 13.2. The fourth-order valence-corrected chi connectivity index (χ4v) is 4.52. The Kier molecular flexibility index (Phi) is 7.44. The van der Waals surface area contributed by atoms with Crippen LogP contribution in [0.2, 0.25) is 0 Å². The fourth-order valence-electron chi connectivity index (χ4n) is 3.31. The third kappa shape index (κ3) is 5.93. The minimum Gasteiger partial charge on any atom is -0.496 e. The predicted molar refractivity (Wildman–Crippen MR) is 120 cm³/mol. The van der Waals surface area contributed by atoms with Crippen LogP contribution in [0, 0.1) is 0 Å². The number of para-hydroxylation sites is 1. The highest BCUT2D eigenvalue weighted by Crippen LogP contribution is 2.24. The zero-order valence-electron chi connectivity index (χ0n) is 17.5. The van der Waals surface area contributed by atoms with Crippen molar-refractivity contribution in [2.45, 2.75) is 30.3 Å². The Morgan fingerprint density at radius 2 is 1.48 bits per heavy atom. The number of benzene rings is 3. The molecule has 0 aliphatic heterocycles. The van der Waals surface area contributed by atoms with Gasteiger partial charge in [-0.2, -0.15) is 4.72 Å². The largest absolute Gasteiger partial charge is 0.496 e. The van der Waals surface area contributed by atoms with E-state index in [-0.39, 0.29) is 17.4 Å². The lowest BCUT2D eigenvalue weighted by Gasteiger charge is -2.23. The zero-order chi connectivity index (χ0) is 22.3. The highest BCUT2D eigenvalue weighted by molar-refractivity contribution is 7.89. The second-order valence-electron chi connectivity index (χ2n) is 7.15. The van der Waals surface area contributed by atoms with Crippen LogP contribution in [0.25, 0.3) is 0 Å². The topological polar surface area (TPSA) is 84.5 Å². The summed E-state index contributed by atoms with van der Waals surface area (Å²) in [5.74, 6) is 0.238. The van der Waals surface area contributed by atoms with Gasteiger partial charge in [-0.15, -0.1) is 0 Å². The molecule has 0 aliphatic carbocycles. The number of ether oxygens (including phenoxy) is 1. The van der Waals surface area contributed by atoms with Crippen molar-refractivity contribution in [3.05, 3.63) is 96.1 Å². The van der Waals surface area contributed by atoms with Gasteiger partial charge in [0.05, 0.1) is 18.0 Å². The van der Waals surface area contributed by atoms with Crippen LogP contribution in [0.3, 0.4) is 0 Å². The minimum atomic E-state index is -3.87. The number of carbonyl (C=O) groups is 1. The summed E-state index contributed by atoms with van der Waals surface area (Å²) in [6, 6.07) is 23.4. The van der Waals surface area contributed by atoms with Gasteiger partial charge in [0.25, 0.3) is 0 Å². The van der Waals surface area contributed by atoms with Crippen LogP contribution in [0.5, 0.6) is 5.75 Å². The molecule has 162 valence electrons. The summed E-state index contributed by atoms with van der Waals surface area (Å²) in [5.41, 5.74) is 1.66. The third-order valence-corrected chi connectivity index (χ3v) is 6.40. The van der Waals surface area contributed by atoms with Gasteiger partial charge < -0.3 is 10.1 Å². The van der Waals surface area contributed by atoms with E-state index in [4.69, 9.17) is 4.74 Å². The molecule has 0 aliphatic rings. The van der Waals surface area contributed by atoms with Gasteiger partial charge in [-0.25, -0.2) is 8.42 Å². The Balaban J connectivity index is 1.84. The summed E-state index contributed by atoms with van der Waals surface area (Å²) < 4.78 is 33.7. The second kappa shape index (κ2) is 10.2. The van der Waals surface area contributed by atoms with E-state index >= 15 is 0 Å². The van der Waals surface area contributed by atoms with Crippen LogP contribution in [0.4, 0.5) is 0 Å². The molecule has 6 nitrogen and oxygen atoms in total. The molecule has 0 saturated heterocycles. The van der Waals surface area contributed by atoms with Crippen molar-refractivity contribution in [3.8, 4) is 5.75 Å². The van der Waals surface area contributed by atoms with Gasteiger partial charge >= 0.3 is 0 Å². The number of hydrogen-bond donors (Lipinski definition) is 2. The number of amides is 1. The van der Waals surface area contributed by atoms with E-state index in [9.17, 15) is 13.2 Å². The van der Waals surface area contributed by atoms with Crippen LogP contribution >= 0.6 is 0 Å². The summed E-state index contributed by atoms with van der Waals surface area (Å²) in [6.07, 6.45) is 0.220. The minimum absolute atomic E-state index is 0.110. The summed E-state index contributed by atoms with van der Waals surface area (Å²) in [7, 11) is -2.30. The maximum Gasteiger partial charge on any atom is 0.241 e. The molecule has 31 heavy (non-hydrogen) atoms. The molecular weight excluding hydrogens is 412 g/mol. The van der Waals surface area contributed by atoms with Crippen molar-refractivity contribution in [1.82, 2.24) is 10.0 Å². The van der Waals surface area contributed by atoms with Crippen LogP contribution in [0.15, 0.2) is 89.8 Å². The summed E-state index contributed by atoms with van der Waals surface area (Å²) in [5, 5.41) is 2.92. The van der Waals surface area contributed by atoms with Crippen molar-refractivity contribution in [2.75, 3.05) is 7.11 Å². The van der Waals surface area contributed by atoms with Crippen molar-refractivity contribution in [1.29, 1.82) is 0 Å². The molecule has 0 unspecified atom stereocenters. The number of methoxy groups -OCH3 is 1. The lowest BCUT2D eigenvalue weighted by molar-refractivity contribution is -0.123. The molecule has 2 atom stereocenters. The Morgan fingerprint density at radius 1 is 0.903 bits per heavy atom. The quantitative estimate of drug-likeness (QED) is 0.536. The number of carbonyl (C=O) groups excluding carboxylic acids is 1. The predicted octanol–water partition coefficient (Wildman–Crippen LogP) is 3.46. The maximum atomic E-state index is 13.2. The van der Waals surface area contributed by atoms with Crippen molar-refractivity contribution < 1.29 is 17.9 Å². The van der Waals surface area contributed by atoms with Gasteiger partial charge in [0.15, 0.2) is 0 Å². The zero-order valence-corrected chi connectivity index (χ0v) is 18.3. The fraction of sp³-hybridized carbons (Fsp3) is 0.208. The highest BCUT2D eigenvalue weighted by Gasteiger charge is 2.27. The van der Waals surface area contributed by atoms with E-state index < -0.39 is 22.0 Å². The van der Waals surface area contributed by atoms with E-state index in [1.54, 1.807) is 25.3 Å². The summed E-state index contributed by atoms with van der Waals surface area (Å²) >= 11 is 0. The first-order valence-electron chi connectivity index (χ1n) is 9.95. The SMILES string of the molecule is COc1ccccc1[C@H](C)NC(=O)[C@H](Cc1ccccc1)NS(=O)(=O)c1ccccc1. The van der Waals surface area contributed by atoms with E-state index in [0.29, 0.717) is 5.75 Å². The van der Waals surface area contributed by atoms with Crippen LogP contribution in [-0.2, 0) is 21.2 Å². The molecular formula is C24H26N2O4S. The average molecular weight is 439 g/mol. The van der Waals surface area contributed by atoms with Gasteiger partial charge in [0.2, 0.25) is 15.9 Å².